The summed E-state index contributed by atoms with van der Waals surface area (Å²) in [5, 5.41) is 3.27. The van der Waals surface area contributed by atoms with E-state index in [2.05, 4.69) is 15.3 Å². The normalized spacial score (nSPS) is 14.5. The molecule has 0 bridgehead atoms. The Morgan fingerprint density at radius 3 is 2.37 bits per heavy atom. The van der Waals surface area contributed by atoms with Crippen LogP contribution in [-0.2, 0) is 12.6 Å². The first-order valence-electron chi connectivity index (χ1n) is 6.27. The quantitative estimate of drug-likeness (QED) is 0.917. The Hall–Kier alpha value is -1.17. The SMILES string of the molecule is CCNC(Cc1nccc(C(F)(F)F)n1)C(C)(C)C. The van der Waals surface area contributed by atoms with Crippen LogP contribution in [0.5, 0.6) is 0 Å². The summed E-state index contributed by atoms with van der Waals surface area (Å²) >= 11 is 0. The van der Waals surface area contributed by atoms with E-state index < -0.39 is 11.9 Å². The van der Waals surface area contributed by atoms with Crippen LogP contribution in [0.15, 0.2) is 12.3 Å². The molecular formula is C13H20F3N3. The average Bonchev–Trinajstić information content (AvgIpc) is 2.26. The van der Waals surface area contributed by atoms with Crippen molar-refractivity contribution in [2.75, 3.05) is 6.54 Å². The Morgan fingerprint density at radius 1 is 1.26 bits per heavy atom. The number of likely N-dealkylation sites (N-methyl/N-ethyl adjacent to an activating group) is 1. The van der Waals surface area contributed by atoms with E-state index in [1.54, 1.807) is 0 Å². The van der Waals surface area contributed by atoms with Crippen LogP contribution in [-0.4, -0.2) is 22.6 Å². The summed E-state index contributed by atoms with van der Waals surface area (Å²) in [6, 6.07) is 0.920. The van der Waals surface area contributed by atoms with Crippen molar-refractivity contribution in [2.24, 2.45) is 5.41 Å². The topological polar surface area (TPSA) is 37.8 Å². The maximum atomic E-state index is 12.6. The number of hydrogen-bond donors (Lipinski definition) is 1. The maximum Gasteiger partial charge on any atom is 0.433 e. The Balaban J connectivity index is 2.91. The second-order valence-electron chi connectivity index (χ2n) is 5.54. The lowest BCUT2D eigenvalue weighted by Crippen LogP contribution is -2.42. The molecule has 1 aromatic rings. The van der Waals surface area contributed by atoms with E-state index in [4.69, 9.17) is 0 Å². The van der Waals surface area contributed by atoms with Crippen molar-refractivity contribution in [1.82, 2.24) is 15.3 Å². The van der Waals surface area contributed by atoms with Gasteiger partial charge in [0.2, 0.25) is 0 Å². The monoisotopic (exact) mass is 275 g/mol. The molecule has 1 heterocycles. The minimum Gasteiger partial charge on any atom is -0.313 e. The first-order valence-corrected chi connectivity index (χ1v) is 6.27. The van der Waals surface area contributed by atoms with Gasteiger partial charge in [-0.15, -0.1) is 0 Å². The lowest BCUT2D eigenvalue weighted by atomic mass is 9.84. The summed E-state index contributed by atoms with van der Waals surface area (Å²) in [6.45, 7) is 8.82. The zero-order valence-electron chi connectivity index (χ0n) is 11.7. The summed E-state index contributed by atoms with van der Waals surface area (Å²) in [5.41, 5.74) is -0.963. The number of alkyl halides is 3. The largest absolute Gasteiger partial charge is 0.433 e. The molecule has 0 saturated heterocycles. The second-order valence-corrected chi connectivity index (χ2v) is 5.54. The number of aromatic nitrogens is 2. The Kier molecular flexibility index (Phi) is 4.90. The van der Waals surface area contributed by atoms with E-state index >= 15 is 0 Å². The molecule has 0 amide bonds. The molecule has 0 aromatic carbocycles. The Bertz CT molecular complexity index is 410. The van der Waals surface area contributed by atoms with Crippen molar-refractivity contribution in [1.29, 1.82) is 0 Å². The van der Waals surface area contributed by atoms with E-state index in [1.807, 2.05) is 27.7 Å². The van der Waals surface area contributed by atoms with Crippen LogP contribution < -0.4 is 5.32 Å². The van der Waals surface area contributed by atoms with E-state index in [9.17, 15) is 13.2 Å². The summed E-state index contributed by atoms with van der Waals surface area (Å²) in [7, 11) is 0. The van der Waals surface area contributed by atoms with Gasteiger partial charge >= 0.3 is 6.18 Å². The van der Waals surface area contributed by atoms with Gasteiger partial charge in [0.05, 0.1) is 0 Å². The number of nitrogens with one attached hydrogen (secondary N) is 1. The molecule has 0 saturated carbocycles. The van der Waals surface area contributed by atoms with Crippen LogP contribution in [0, 0.1) is 5.41 Å². The molecule has 1 unspecified atom stereocenters. The van der Waals surface area contributed by atoms with Crippen molar-refractivity contribution in [3.8, 4) is 0 Å². The van der Waals surface area contributed by atoms with Crippen LogP contribution in [0.1, 0.15) is 39.2 Å². The lowest BCUT2D eigenvalue weighted by molar-refractivity contribution is -0.141. The van der Waals surface area contributed by atoms with Gasteiger partial charge in [-0.05, 0) is 18.0 Å². The van der Waals surface area contributed by atoms with Gasteiger partial charge in [0, 0.05) is 18.7 Å². The highest BCUT2D eigenvalue weighted by atomic mass is 19.4. The van der Waals surface area contributed by atoms with Gasteiger partial charge in [0.15, 0.2) is 0 Å². The number of hydrogen-bond acceptors (Lipinski definition) is 3. The third kappa shape index (κ3) is 4.78. The smallest absolute Gasteiger partial charge is 0.313 e. The van der Waals surface area contributed by atoms with Crippen LogP contribution in [0.4, 0.5) is 13.2 Å². The first-order chi connectivity index (χ1) is 8.64. The van der Waals surface area contributed by atoms with Crippen LogP contribution in [0.3, 0.4) is 0 Å². The molecule has 6 heteroatoms. The molecule has 0 fully saturated rings. The average molecular weight is 275 g/mol. The van der Waals surface area contributed by atoms with Gasteiger partial charge < -0.3 is 5.32 Å². The number of halogens is 3. The molecule has 0 radical (unpaired) electrons. The number of rotatable bonds is 4. The van der Waals surface area contributed by atoms with E-state index in [0.717, 1.165) is 18.8 Å². The fourth-order valence-corrected chi connectivity index (χ4v) is 1.77. The molecule has 1 rings (SSSR count). The van der Waals surface area contributed by atoms with Crippen molar-refractivity contribution >= 4 is 0 Å². The van der Waals surface area contributed by atoms with E-state index in [0.29, 0.717) is 6.42 Å². The standard InChI is InChI=1S/C13H20F3N3/c1-5-17-10(12(2,3)4)8-11-18-7-6-9(19-11)13(14,15)16/h6-7,10,17H,5,8H2,1-4H3. The summed E-state index contributed by atoms with van der Waals surface area (Å²) in [4.78, 5) is 7.54. The van der Waals surface area contributed by atoms with Crippen molar-refractivity contribution in [3.63, 3.8) is 0 Å². The lowest BCUT2D eigenvalue weighted by Gasteiger charge is -2.31. The van der Waals surface area contributed by atoms with Crippen LogP contribution in [0.2, 0.25) is 0 Å². The fraction of sp³-hybridized carbons (Fsp3) is 0.692. The molecule has 3 nitrogen and oxygen atoms in total. The highest BCUT2D eigenvalue weighted by Gasteiger charge is 2.33. The molecule has 0 spiro atoms. The molecule has 108 valence electrons. The Morgan fingerprint density at radius 2 is 1.89 bits per heavy atom. The van der Waals surface area contributed by atoms with Gasteiger partial charge in [-0.2, -0.15) is 13.2 Å². The highest BCUT2D eigenvalue weighted by Crippen LogP contribution is 2.27. The minimum atomic E-state index is -4.42. The van der Waals surface area contributed by atoms with Crippen molar-refractivity contribution in [2.45, 2.75) is 46.3 Å². The molecule has 1 aromatic heterocycles. The third-order valence-electron chi connectivity index (χ3n) is 2.88. The van der Waals surface area contributed by atoms with Crippen LogP contribution >= 0.6 is 0 Å². The first kappa shape index (κ1) is 15.9. The molecule has 0 aliphatic carbocycles. The van der Waals surface area contributed by atoms with Gasteiger partial charge in [0.25, 0.3) is 0 Å². The van der Waals surface area contributed by atoms with Gasteiger partial charge in [-0.25, -0.2) is 9.97 Å². The van der Waals surface area contributed by atoms with Crippen LogP contribution in [0.25, 0.3) is 0 Å². The van der Waals surface area contributed by atoms with Gasteiger partial charge in [-0.3, -0.25) is 0 Å². The molecule has 0 aliphatic heterocycles. The molecule has 0 aliphatic rings. The maximum absolute atomic E-state index is 12.6. The van der Waals surface area contributed by atoms with Gasteiger partial charge in [0.1, 0.15) is 11.5 Å². The zero-order chi connectivity index (χ0) is 14.7. The molecule has 19 heavy (non-hydrogen) atoms. The minimum absolute atomic E-state index is 0.0287. The van der Waals surface area contributed by atoms with E-state index in [-0.39, 0.29) is 17.3 Å². The second kappa shape index (κ2) is 5.86. The molecular weight excluding hydrogens is 255 g/mol. The predicted octanol–water partition coefficient (Wildman–Crippen LogP) is 3.06. The molecule has 1 atom stereocenters. The Labute approximate surface area is 111 Å². The fourth-order valence-electron chi connectivity index (χ4n) is 1.77. The predicted molar refractivity (Wildman–Crippen MR) is 67.7 cm³/mol. The zero-order valence-corrected chi connectivity index (χ0v) is 11.7. The van der Waals surface area contributed by atoms with E-state index in [1.165, 1.54) is 0 Å². The van der Waals surface area contributed by atoms with Gasteiger partial charge in [-0.1, -0.05) is 27.7 Å². The summed E-state index contributed by atoms with van der Waals surface area (Å²) in [5.74, 6) is 0.218. The highest BCUT2D eigenvalue weighted by molar-refractivity contribution is 5.07. The number of nitrogens with zero attached hydrogens (tertiary/aromatic N) is 2. The third-order valence-corrected chi connectivity index (χ3v) is 2.88. The summed E-state index contributed by atoms with van der Waals surface area (Å²) < 4.78 is 37.7. The molecule has 1 N–H and O–H groups in total. The summed E-state index contributed by atoms with van der Waals surface area (Å²) in [6.07, 6.45) is -2.88. The van der Waals surface area contributed by atoms with Crippen molar-refractivity contribution < 1.29 is 13.2 Å². The van der Waals surface area contributed by atoms with Crippen molar-refractivity contribution in [3.05, 3.63) is 23.8 Å².